The van der Waals surface area contributed by atoms with Crippen LogP contribution in [0.3, 0.4) is 0 Å². The Labute approximate surface area is 181 Å². The Morgan fingerprint density at radius 3 is 2.61 bits per heavy atom. The number of nitrogens with zero attached hydrogens (tertiary/aromatic N) is 4. The van der Waals surface area contributed by atoms with Crippen molar-refractivity contribution >= 4 is 17.2 Å². The first-order chi connectivity index (χ1) is 15.2. The van der Waals surface area contributed by atoms with Crippen molar-refractivity contribution in [3.63, 3.8) is 0 Å². The predicted octanol–water partition coefficient (Wildman–Crippen LogP) is 3.32. The summed E-state index contributed by atoms with van der Waals surface area (Å²) in [6, 6.07) is 13.7. The lowest BCUT2D eigenvalue weighted by Gasteiger charge is -2.33. The monoisotopic (exact) mass is 416 g/mol. The van der Waals surface area contributed by atoms with Gasteiger partial charge in [0.15, 0.2) is 0 Å². The summed E-state index contributed by atoms with van der Waals surface area (Å²) in [6.07, 6.45) is 10.6. The van der Waals surface area contributed by atoms with Crippen LogP contribution < -0.4 is 11.1 Å². The SMILES string of the molecule is O=c1ccc2ncc(=O)n3c2n1CC3CN1CCC(CC/C=C/c2ccccc2)CC1. The molecule has 0 N–H and O–H groups in total. The Kier molecular flexibility index (Phi) is 5.55. The van der Waals surface area contributed by atoms with Gasteiger partial charge in [-0.05, 0) is 56.3 Å². The molecule has 1 saturated heterocycles. The lowest BCUT2D eigenvalue weighted by molar-refractivity contribution is 0.157. The molecule has 4 heterocycles. The van der Waals surface area contributed by atoms with Crippen LogP contribution in [0.2, 0.25) is 0 Å². The number of benzene rings is 1. The Hall–Kier alpha value is -2.99. The fourth-order valence-electron chi connectivity index (χ4n) is 5.04. The summed E-state index contributed by atoms with van der Waals surface area (Å²) in [6.45, 7) is 3.47. The van der Waals surface area contributed by atoms with E-state index in [2.05, 4.69) is 46.3 Å². The van der Waals surface area contributed by atoms with E-state index >= 15 is 0 Å². The first-order valence-electron chi connectivity index (χ1n) is 11.2. The van der Waals surface area contributed by atoms with Gasteiger partial charge in [-0.2, -0.15) is 0 Å². The van der Waals surface area contributed by atoms with Gasteiger partial charge in [0.05, 0.1) is 12.2 Å². The molecule has 3 aromatic rings. The van der Waals surface area contributed by atoms with Gasteiger partial charge in [0.1, 0.15) is 11.2 Å². The molecule has 0 bridgehead atoms. The van der Waals surface area contributed by atoms with E-state index in [4.69, 9.17) is 0 Å². The number of piperidine rings is 1. The lowest BCUT2D eigenvalue weighted by Crippen LogP contribution is -2.39. The maximum absolute atomic E-state index is 12.5. The molecule has 0 spiro atoms. The highest BCUT2D eigenvalue weighted by Gasteiger charge is 2.29. The zero-order valence-electron chi connectivity index (χ0n) is 17.7. The molecule has 2 aliphatic heterocycles. The van der Waals surface area contributed by atoms with Crippen LogP contribution in [-0.4, -0.2) is 38.7 Å². The van der Waals surface area contributed by atoms with Crippen LogP contribution in [0.15, 0.2) is 64.3 Å². The van der Waals surface area contributed by atoms with Crippen molar-refractivity contribution in [2.75, 3.05) is 19.6 Å². The van der Waals surface area contributed by atoms with E-state index in [-0.39, 0.29) is 17.2 Å². The molecule has 2 aliphatic rings. The molecule has 1 atom stereocenters. The van der Waals surface area contributed by atoms with E-state index in [0.717, 1.165) is 32.0 Å². The van der Waals surface area contributed by atoms with Gasteiger partial charge in [0.2, 0.25) is 0 Å². The molecule has 31 heavy (non-hydrogen) atoms. The van der Waals surface area contributed by atoms with Gasteiger partial charge in [-0.25, -0.2) is 4.98 Å². The molecule has 0 saturated carbocycles. The molecular formula is C25H28N4O2. The highest BCUT2D eigenvalue weighted by atomic mass is 16.1. The minimum absolute atomic E-state index is 0.00143. The van der Waals surface area contributed by atoms with Gasteiger partial charge in [-0.15, -0.1) is 0 Å². The van der Waals surface area contributed by atoms with Crippen molar-refractivity contribution in [3.8, 4) is 0 Å². The second kappa shape index (κ2) is 8.63. The van der Waals surface area contributed by atoms with Crippen LogP contribution in [0.4, 0.5) is 0 Å². The minimum Gasteiger partial charge on any atom is -0.301 e. The van der Waals surface area contributed by atoms with E-state index in [1.807, 2.05) is 6.07 Å². The van der Waals surface area contributed by atoms with Crippen LogP contribution in [-0.2, 0) is 6.54 Å². The molecule has 0 aliphatic carbocycles. The summed E-state index contributed by atoms with van der Waals surface area (Å²) in [7, 11) is 0. The first-order valence-corrected chi connectivity index (χ1v) is 11.2. The molecule has 0 radical (unpaired) electrons. The van der Waals surface area contributed by atoms with Crippen molar-refractivity contribution in [3.05, 3.63) is 81.0 Å². The number of rotatable bonds is 6. The number of hydrogen-bond acceptors (Lipinski definition) is 4. The van der Waals surface area contributed by atoms with Crippen LogP contribution in [0, 0.1) is 5.92 Å². The minimum atomic E-state index is -0.116. The molecule has 160 valence electrons. The number of aromatic nitrogens is 3. The normalized spacial score (nSPS) is 19.5. The molecular weight excluding hydrogens is 388 g/mol. The zero-order valence-corrected chi connectivity index (χ0v) is 17.7. The molecule has 6 heteroatoms. The van der Waals surface area contributed by atoms with E-state index in [1.165, 1.54) is 31.0 Å². The second-order valence-corrected chi connectivity index (χ2v) is 8.75. The molecule has 1 unspecified atom stereocenters. The third-order valence-electron chi connectivity index (χ3n) is 6.70. The fraction of sp³-hybridized carbons (Fsp3) is 0.400. The third-order valence-corrected chi connectivity index (χ3v) is 6.70. The summed E-state index contributed by atoms with van der Waals surface area (Å²) in [5.41, 5.74) is 2.47. The van der Waals surface area contributed by atoms with E-state index in [1.54, 1.807) is 21.3 Å². The molecule has 1 aromatic carbocycles. The standard InChI is InChI=1S/C25H28N4O2/c30-23-11-10-22-25-28(23)18-21(29(25)24(31)16-26-22)17-27-14-12-20(13-15-27)9-5-4-8-19-6-2-1-3-7-19/h1-4,6-8,10-11,16,20-21H,5,9,12-15,17-18H2/b8-4+. The van der Waals surface area contributed by atoms with Gasteiger partial charge in [-0.3, -0.25) is 18.7 Å². The fourth-order valence-corrected chi connectivity index (χ4v) is 5.04. The van der Waals surface area contributed by atoms with Crippen molar-refractivity contribution in [2.45, 2.75) is 38.3 Å². The third kappa shape index (κ3) is 4.12. The Bertz CT molecular complexity index is 1200. The second-order valence-electron chi connectivity index (χ2n) is 8.75. The highest BCUT2D eigenvalue weighted by molar-refractivity contribution is 5.71. The van der Waals surface area contributed by atoms with Gasteiger partial charge in [0, 0.05) is 19.2 Å². The number of pyridine rings is 1. The van der Waals surface area contributed by atoms with Crippen molar-refractivity contribution < 1.29 is 0 Å². The van der Waals surface area contributed by atoms with Crippen LogP contribution in [0.1, 0.15) is 37.3 Å². The molecule has 0 amide bonds. The Balaban J connectivity index is 1.16. The molecule has 2 aromatic heterocycles. The van der Waals surface area contributed by atoms with Crippen LogP contribution in [0.25, 0.3) is 17.2 Å². The summed E-state index contributed by atoms with van der Waals surface area (Å²) in [5, 5.41) is 0. The predicted molar refractivity (Wildman–Crippen MR) is 123 cm³/mol. The number of likely N-dealkylation sites (tertiary alicyclic amines) is 1. The van der Waals surface area contributed by atoms with Gasteiger partial charge < -0.3 is 4.90 Å². The van der Waals surface area contributed by atoms with Gasteiger partial charge in [-0.1, -0.05) is 42.5 Å². The summed E-state index contributed by atoms with van der Waals surface area (Å²) in [4.78, 5) is 31.5. The Morgan fingerprint density at radius 2 is 1.81 bits per heavy atom. The van der Waals surface area contributed by atoms with Crippen LogP contribution in [0.5, 0.6) is 0 Å². The average molecular weight is 417 g/mol. The van der Waals surface area contributed by atoms with E-state index < -0.39 is 0 Å². The van der Waals surface area contributed by atoms with Gasteiger partial charge in [0.25, 0.3) is 11.1 Å². The number of allylic oxidation sites excluding steroid dienone is 1. The average Bonchev–Trinajstić information content (AvgIpc) is 3.18. The van der Waals surface area contributed by atoms with E-state index in [0.29, 0.717) is 17.7 Å². The highest BCUT2D eigenvalue weighted by Crippen LogP contribution is 2.27. The molecule has 6 nitrogen and oxygen atoms in total. The maximum Gasteiger partial charge on any atom is 0.270 e. The van der Waals surface area contributed by atoms with Crippen molar-refractivity contribution in [2.24, 2.45) is 5.92 Å². The van der Waals surface area contributed by atoms with Crippen LogP contribution >= 0.6 is 0 Å². The molecule has 1 fully saturated rings. The van der Waals surface area contributed by atoms with E-state index in [9.17, 15) is 9.59 Å². The quantitative estimate of drug-likeness (QED) is 0.619. The smallest absolute Gasteiger partial charge is 0.270 e. The summed E-state index contributed by atoms with van der Waals surface area (Å²) >= 11 is 0. The lowest BCUT2D eigenvalue weighted by atomic mass is 9.92. The topological polar surface area (TPSA) is 60.1 Å². The zero-order chi connectivity index (χ0) is 21.2. The van der Waals surface area contributed by atoms with Gasteiger partial charge >= 0.3 is 0 Å². The summed E-state index contributed by atoms with van der Waals surface area (Å²) < 4.78 is 3.49. The summed E-state index contributed by atoms with van der Waals surface area (Å²) in [5.74, 6) is 0.760. The van der Waals surface area contributed by atoms with Crippen molar-refractivity contribution in [1.82, 2.24) is 19.0 Å². The first kappa shape index (κ1) is 19.9. The molecule has 5 rings (SSSR count). The number of hydrogen-bond donors (Lipinski definition) is 0. The van der Waals surface area contributed by atoms with Crippen molar-refractivity contribution in [1.29, 1.82) is 0 Å². The largest absolute Gasteiger partial charge is 0.301 e. The Morgan fingerprint density at radius 1 is 1.00 bits per heavy atom. The maximum atomic E-state index is 12.5.